The molecule has 0 saturated heterocycles. The Morgan fingerprint density at radius 3 is 2.36 bits per heavy atom. The number of anilines is 1. The third-order valence-electron chi connectivity index (χ3n) is 6.17. The molecule has 1 radical (unpaired) electrons. The van der Waals surface area contributed by atoms with Gasteiger partial charge in [0.2, 0.25) is 6.85 Å². The average Bonchev–Trinajstić information content (AvgIpc) is 3.35. The summed E-state index contributed by atoms with van der Waals surface area (Å²) < 4.78 is 0. The summed E-state index contributed by atoms with van der Waals surface area (Å²) in [5.74, 6) is 3.39. The minimum atomic E-state index is 0. The van der Waals surface area contributed by atoms with Gasteiger partial charge >= 0.3 is 0 Å². The van der Waals surface area contributed by atoms with Gasteiger partial charge in [-0.2, -0.15) is 6.08 Å². The maximum atomic E-state index is 4.61. The molecule has 3 heterocycles. The van der Waals surface area contributed by atoms with Crippen molar-refractivity contribution in [1.29, 1.82) is 0 Å². The molecule has 1 aromatic heterocycles. The molecule has 3 nitrogen and oxygen atoms in total. The number of nitrogens with zero attached hydrogens (tertiary/aromatic N) is 3. The Morgan fingerprint density at radius 2 is 1.64 bits per heavy atom. The molecular formula is C31H26BIrN3-2. The predicted octanol–water partition coefficient (Wildman–Crippen LogP) is 5.99. The Labute approximate surface area is 227 Å². The van der Waals surface area contributed by atoms with Crippen molar-refractivity contribution in [1.82, 2.24) is 4.98 Å². The number of benzene rings is 3. The minimum absolute atomic E-state index is 0. The summed E-state index contributed by atoms with van der Waals surface area (Å²) in [7, 11) is 0. The zero-order valence-corrected chi connectivity index (χ0v) is 22.7. The normalized spacial score (nSPS) is 13.3. The summed E-state index contributed by atoms with van der Waals surface area (Å²) in [6.45, 7) is 4.31. The van der Waals surface area contributed by atoms with E-state index in [4.69, 9.17) is 0 Å². The Hall–Kier alpha value is -3.53. The molecule has 0 amide bonds. The van der Waals surface area contributed by atoms with Gasteiger partial charge in [-0.25, -0.2) is 6.08 Å². The van der Waals surface area contributed by atoms with E-state index in [1.54, 1.807) is 0 Å². The fraction of sp³-hybridized carbons (Fsp3) is 0.0968. The maximum absolute atomic E-state index is 4.61. The quantitative estimate of drug-likeness (QED) is 0.203. The van der Waals surface area contributed by atoms with Gasteiger partial charge in [-0.3, -0.25) is 11.0 Å². The number of allylic oxidation sites excluding steroid dienone is 2. The number of rotatable bonds is 3. The minimum Gasteiger partial charge on any atom is -0.415 e. The Kier molecular flexibility index (Phi) is 8.48. The second kappa shape index (κ2) is 11.9. The first-order valence-corrected chi connectivity index (χ1v) is 11.8. The van der Waals surface area contributed by atoms with Crippen molar-refractivity contribution in [2.24, 2.45) is 4.99 Å². The predicted molar refractivity (Wildman–Crippen MR) is 147 cm³/mol. The molecule has 0 unspecified atom stereocenters. The van der Waals surface area contributed by atoms with Crippen LogP contribution in [0, 0.1) is 25.9 Å². The molecule has 36 heavy (non-hydrogen) atoms. The number of fused-ring (bicyclic) bond motifs is 1. The van der Waals surface area contributed by atoms with Crippen LogP contribution in [0.15, 0.2) is 114 Å². The summed E-state index contributed by atoms with van der Waals surface area (Å²) in [6.07, 6.45) is 8.84. The van der Waals surface area contributed by atoms with Crippen molar-refractivity contribution >= 4 is 29.5 Å². The summed E-state index contributed by atoms with van der Waals surface area (Å²) in [5.41, 5.74) is 9.41. The van der Waals surface area contributed by atoms with Crippen molar-refractivity contribution in [3.05, 3.63) is 144 Å². The van der Waals surface area contributed by atoms with E-state index in [1.807, 2.05) is 60.8 Å². The molecule has 0 fully saturated rings. The second-order valence-electron chi connectivity index (χ2n) is 8.62. The number of para-hydroxylation sites is 2. The van der Waals surface area contributed by atoms with E-state index in [-0.39, 0.29) is 27.0 Å². The molecule has 6 rings (SSSR count). The van der Waals surface area contributed by atoms with E-state index in [0.717, 1.165) is 29.0 Å². The van der Waals surface area contributed by atoms with E-state index < -0.39 is 0 Å². The zero-order chi connectivity index (χ0) is 24.0. The Bertz CT molecular complexity index is 1380. The number of aryl methyl sites for hydroxylation is 2. The molecule has 0 aliphatic carbocycles. The molecular weight excluding hydrogens is 617 g/mol. The van der Waals surface area contributed by atoms with Crippen LogP contribution in [-0.2, 0) is 26.5 Å². The largest absolute Gasteiger partial charge is 0.415 e. The molecule has 0 atom stereocenters. The number of aromatic nitrogens is 1. The summed E-state index contributed by atoms with van der Waals surface area (Å²) in [6, 6.07) is 31.9. The van der Waals surface area contributed by atoms with Crippen LogP contribution in [0.4, 0.5) is 11.4 Å². The molecule has 2 aliphatic rings. The van der Waals surface area contributed by atoms with Crippen LogP contribution >= 0.6 is 0 Å². The van der Waals surface area contributed by atoms with E-state index in [9.17, 15) is 0 Å². The van der Waals surface area contributed by atoms with Crippen molar-refractivity contribution < 1.29 is 20.1 Å². The van der Waals surface area contributed by atoms with Crippen molar-refractivity contribution in [3.8, 4) is 0 Å². The number of aliphatic imine (C=N–C) groups is 1. The van der Waals surface area contributed by atoms with Gasteiger partial charge in [0, 0.05) is 37.6 Å². The average molecular weight is 644 g/mol. The van der Waals surface area contributed by atoms with Crippen LogP contribution in [0.1, 0.15) is 22.3 Å². The Morgan fingerprint density at radius 1 is 0.861 bits per heavy atom. The first-order chi connectivity index (χ1) is 17.2. The van der Waals surface area contributed by atoms with E-state index >= 15 is 0 Å². The summed E-state index contributed by atoms with van der Waals surface area (Å²) in [4.78, 5) is 11.3. The molecule has 4 aromatic rings. The van der Waals surface area contributed by atoms with E-state index in [1.165, 1.54) is 22.4 Å². The van der Waals surface area contributed by atoms with Crippen molar-refractivity contribution in [3.63, 3.8) is 0 Å². The first kappa shape index (κ1) is 25.6. The van der Waals surface area contributed by atoms with Crippen molar-refractivity contribution in [2.75, 3.05) is 4.81 Å². The van der Waals surface area contributed by atoms with Gasteiger partial charge in [0.15, 0.2) is 0 Å². The SMILES string of the molecule is Cc1cccc(C)c1N1C=CC=[C-]B1c1ccccn1.[Ir].[c-]1ccccc1C1=Nc2ccccc2C1. The Balaban J connectivity index is 0.000000170. The first-order valence-electron chi connectivity index (χ1n) is 11.8. The van der Waals surface area contributed by atoms with Crippen LogP contribution in [-0.4, -0.2) is 17.5 Å². The van der Waals surface area contributed by atoms with Gasteiger partial charge in [-0.05, 0) is 60.9 Å². The summed E-state index contributed by atoms with van der Waals surface area (Å²) >= 11 is 0. The van der Waals surface area contributed by atoms with Gasteiger partial charge in [0.1, 0.15) is 0 Å². The van der Waals surface area contributed by atoms with Gasteiger partial charge in [0.05, 0.1) is 5.69 Å². The molecule has 0 saturated carbocycles. The molecule has 5 heteroatoms. The van der Waals surface area contributed by atoms with Crippen LogP contribution in [0.3, 0.4) is 0 Å². The third-order valence-corrected chi connectivity index (χ3v) is 6.17. The van der Waals surface area contributed by atoms with Crippen molar-refractivity contribution in [2.45, 2.75) is 20.3 Å². The fourth-order valence-corrected chi connectivity index (χ4v) is 4.49. The summed E-state index contributed by atoms with van der Waals surface area (Å²) in [5, 5.41) is 0. The van der Waals surface area contributed by atoms with Gasteiger partial charge < -0.3 is 9.80 Å². The maximum Gasteiger partial charge on any atom is 0.233 e. The van der Waals surface area contributed by atoms with Crippen LogP contribution < -0.4 is 10.4 Å². The zero-order valence-electron chi connectivity index (χ0n) is 20.4. The molecule has 2 aliphatic heterocycles. The number of hydrogen-bond donors (Lipinski definition) is 0. The smallest absolute Gasteiger partial charge is 0.233 e. The van der Waals surface area contributed by atoms with Crippen LogP contribution in [0.2, 0.25) is 0 Å². The van der Waals surface area contributed by atoms with Crippen LogP contribution in [0.25, 0.3) is 0 Å². The molecule has 0 bridgehead atoms. The molecule has 3 aromatic carbocycles. The van der Waals surface area contributed by atoms with Gasteiger partial charge in [-0.15, -0.1) is 35.9 Å². The molecule has 179 valence electrons. The second-order valence-corrected chi connectivity index (χ2v) is 8.62. The fourth-order valence-electron chi connectivity index (χ4n) is 4.49. The van der Waals surface area contributed by atoms with Crippen LogP contribution in [0.5, 0.6) is 0 Å². The van der Waals surface area contributed by atoms with E-state index in [0.29, 0.717) is 0 Å². The van der Waals surface area contributed by atoms with Gasteiger partial charge in [-0.1, -0.05) is 48.7 Å². The third kappa shape index (κ3) is 5.65. The number of hydrogen-bond acceptors (Lipinski definition) is 3. The standard InChI is InChI=1S/C17H16BN2.C14H10N.Ir/c1-14-8-7-9-15(2)17(14)20-13-6-4-11-18(20)16-10-3-5-12-19-16;1-2-6-11(7-3-1)14-10-12-8-4-5-9-13(12)15-14;/h3-10,12-13H,1-2H3;1-6,8-9H,10H2;/q2*-1;. The number of pyridine rings is 1. The molecule has 0 spiro atoms. The monoisotopic (exact) mass is 644 g/mol. The van der Waals surface area contributed by atoms with Gasteiger partial charge in [0.25, 0.3) is 0 Å². The topological polar surface area (TPSA) is 28.5 Å². The van der Waals surface area contributed by atoms with E-state index in [2.05, 4.69) is 89.3 Å². The molecule has 0 N–H and O–H groups in total.